The Morgan fingerprint density at radius 1 is 1.42 bits per heavy atom. The number of hydrogen-bond acceptors (Lipinski definition) is 2. The lowest BCUT2D eigenvalue weighted by Crippen LogP contribution is -2.33. The van der Waals surface area contributed by atoms with E-state index in [0.717, 1.165) is 42.7 Å². The molecule has 0 bridgehead atoms. The van der Waals surface area contributed by atoms with Crippen molar-refractivity contribution in [2.24, 2.45) is 5.41 Å². The van der Waals surface area contributed by atoms with Gasteiger partial charge in [-0.3, -0.25) is 0 Å². The summed E-state index contributed by atoms with van der Waals surface area (Å²) in [7, 11) is 0. The van der Waals surface area contributed by atoms with Gasteiger partial charge < -0.3 is 9.47 Å². The Labute approximate surface area is 127 Å². The van der Waals surface area contributed by atoms with E-state index in [1.807, 2.05) is 0 Å². The molecule has 1 fully saturated rings. The number of alkyl halides is 1. The molecule has 104 valence electrons. The molecule has 1 aromatic rings. The minimum Gasteiger partial charge on any atom is -0.493 e. The van der Waals surface area contributed by atoms with Crippen LogP contribution in [0.15, 0.2) is 16.6 Å². The SMILES string of the molecule is CC1OCCC1(CCl)Cc1cc(Br)cc2c1OCC2. The van der Waals surface area contributed by atoms with Gasteiger partial charge in [0.2, 0.25) is 0 Å². The third-order valence-electron chi connectivity index (χ3n) is 4.46. The second-order valence-electron chi connectivity index (χ2n) is 5.59. The molecule has 2 atom stereocenters. The molecule has 2 aliphatic rings. The zero-order chi connectivity index (χ0) is 13.5. The van der Waals surface area contributed by atoms with Crippen LogP contribution in [0, 0.1) is 5.41 Å². The number of hydrogen-bond donors (Lipinski definition) is 0. The fourth-order valence-corrected chi connectivity index (χ4v) is 4.13. The van der Waals surface area contributed by atoms with Gasteiger partial charge in [-0.15, -0.1) is 11.6 Å². The molecule has 0 radical (unpaired) electrons. The second-order valence-corrected chi connectivity index (χ2v) is 6.77. The molecule has 0 spiro atoms. The smallest absolute Gasteiger partial charge is 0.125 e. The fraction of sp³-hybridized carbons (Fsp3) is 0.600. The van der Waals surface area contributed by atoms with E-state index in [9.17, 15) is 0 Å². The van der Waals surface area contributed by atoms with Crippen molar-refractivity contribution in [3.8, 4) is 5.75 Å². The van der Waals surface area contributed by atoms with Crippen LogP contribution in [-0.4, -0.2) is 25.2 Å². The summed E-state index contributed by atoms with van der Waals surface area (Å²) in [6.07, 6.45) is 3.17. The maximum Gasteiger partial charge on any atom is 0.125 e. The molecule has 2 heterocycles. The average Bonchev–Trinajstić information content (AvgIpc) is 2.97. The molecule has 2 unspecified atom stereocenters. The van der Waals surface area contributed by atoms with Crippen molar-refractivity contribution in [3.05, 3.63) is 27.7 Å². The van der Waals surface area contributed by atoms with Gasteiger partial charge in [0.15, 0.2) is 0 Å². The third-order valence-corrected chi connectivity index (χ3v) is 5.45. The molecule has 1 saturated heterocycles. The van der Waals surface area contributed by atoms with E-state index in [0.29, 0.717) is 5.88 Å². The highest BCUT2D eigenvalue weighted by molar-refractivity contribution is 9.10. The zero-order valence-electron chi connectivity index (χ0n) is 11.0. The number of fused-ring (bicyclic) bond motifs is 1. The van der Waals surface area contributed by atoms with Gasteiger partial charge in [-0.25, -0.2) is 0 Å². The molecule has 19 heavy (non-hydrogen) atoms. The molecular formula is C15H18BrClO2. The largest absolute Gasteiger partial charge is 0.493 e. The Kier molecular flexibility index (Phi) is 3.80. The number of halogens is 2. The zero-order valence-corrected chi connectivity index (χ0v) is 13.4. The van der Waals surface area contributed by atoms with E-state index in [2.05, 4.69) is 35.0 Å². The van der Waals surface area contributed by atoms with Crippen LogP contribution in [0.1, 0.15) is 24.5 Å². The Balaban J connectivity index is 1.95. The molecule has 4 heteroatoms. The molecule has 0 aliphatic carbocycles. The van der Waals surface area contributed by atoms with Gasteiger partial charge in [0.25, 0.3) is 0 Å². The van der Waals surface area contributed by atoms with Gasteiger partial charge in [-0.1, -0.05) is 15.9 Å². The van der Waals surface area contributed by atoms with Crippen LogP contribution in [0.4, 0.5) is 0 Å². The summed E-state index contributed by atoms with van der Waals surface area (Å²) in [6.45, 7) is 3.73. The highest BCUT2D eigenvalue weighted by atomic mass is 79.9. The summed E-state index contributed by atoms with van der Waals surface area (Å²) in [6, 6.07) is 4.33. The Morgan fingerprint density at radius 3 is 2.95 bits per heavy atom. The van der Waals surface area contributed by atoms with Crippen molar-refractivity contribution in [2.75, 3.05) is 19.1 Å². The highest BCUT2D eigenvalue weighted by Crippen LogP contribution is 2.43. The maximum absolute atomic E-state index is 6.27. The minimum atomic E-state index is 0.0437. The maximum atomic E-state index is 6.27. The standard InChI is InChI=1S/C15H18BrClO2/c1-10-15(9-17,3-5-18-10)8-12-7-13(16)6-11-2-4-19-14(11)12/h6-7,10H,2-5,8-9H2,1H3. The van der Waals surface area contributed by atoms with Crippen molar-refractivity contribution in [2.45, 2.75) is 32.3 Å². The number of benzene rings is 1. The monoisotopic (exact) mass is 344 g/mol. The van der Waals surface area contributed by atoms with Gasteiger partial charge in [-0.2, -0.15) is 0 Å². The van der Waals surface area contributed by atoms with Crippen LogP contribution < -0.4 is 4.74 Å². The fourth-order valence-electron chi connectivity index (χ4n) is 3.13. The first-order valence-electron chi connectivity index (χ1n) is 6.76. The van der Waals surface area contributed by atoms with Gasteiger partial charge in [0.1, 0.15) is 5.75 Å². The molecule has 0 aromatic heterocycles. The lowest BCUT2D eigenvalue weighted by atomic mass is 9.77. The highest BCUT2D eigenvalue weighted by Gasteiger charge is 2.41. The first-order chi connectivity index (χ1) is 9.14. The van der Waals surface area contributed by atoms with Crippen molar-refractivity contribution in [1.29, 1.82) is 0 Å². The van der Waals surface area contributed by atoms with Crippen LogP contribution in [0.25, 0.3) is 0 Å². The van der Waals surface area contributed by atoms with Crippen LogP contribution in [0.3, 0.4) is 0 Å². The summed E-state index contributed by atoms with van der Waals surface area (Å²) >= 11 is 9.87. The lowest BCUT2D eigenvalue weighted by Gasteiger charge is -2.30. The predicted molar refractivity (Wildman–Crippen MR) is 80.2 cm³/mol. The van der Waals surface area contributed by atoms with Crippen LogP contribution in [-0.2, 0) is 17.6 Å². The lowest BCUT2D eigenvalue weighted by molar-refractivity contribution is 0.0733. The van der Waals surface area contributed by atoms with Gasteiger partial charge in [-0.05, 0) is 43.0 Å². The summed E-state index contributed by atoms with van der Waals surface area (Å²) in [5.41, 5.74) is 2.61. The van der Waals surface area contributed by atoms with E-state index in [1.54, 1.807) is 0 Å². The number of ether oxygens (including phenoxy) is 2. The number of rotatable bonds is 3. The predicted octanol–water partition coefficient (Wildman–Crippen LogP) is 3.96. The van der Waals surface area contributed by atoms with E-state index in [4.69, 9.17) is 21.1 Å². The van der Waals surface area contributed by atoms with Gasteiger partial charge >= 0.3 is 0 Å². The Bertz CT molecular complexity index is 491. The molecule has 3 rings (SSSR count). The van der Waals surface area contributed by atoms with Crippen LogP contribution in [0.2, 0.25) is 0 Å². The molecule has 2 nitrogen and oxygen atoms in total. The quantitative estimate of drug-likeness (QED) is 0.772. The summed E-state index contributed by atoms with van der Waals surface area (Å²) in [4.78, 5) is 0. The first kappa shape index (κ1) is 13.7. The van der Waals surface area contributed by atoms with Gasteiger partial charge in [0.05, 0.1) is 12.7 Å². The van der Waals surface area contributed by atoms with Crippen molar-refractivity contribution < 1.29 is 9.47 Å². The van der Waals surface area contributed by atoms with E-state index < -0.39 is 0 Å². The average molecular weight is 346 g/mol. The summed E-state index contributed by atoms with van der Waals surface area (Å²) in [5, 5.41) is 0. The molecule has 0 saturated carbocycles. The Hall–Kier alpha value is -0.250. The van der Waals surface area contributed by atoms with Crippen molar-refractivity contribution in [3.63, 3.8) is 0 Å². The second kappa shape index (κ2) is 5.27. The Morgan fingerprint density at radius 2 is 2.26 bits per heavy atom. The van der Waals surface area contributed by atoms with E-state index >= 15 is 0 Å². The minimum absolute atomic E-state index is 0.0437. The molecule has 1 aromatic carbocycles. The van der Waals surface area contributed by atoms with Crippen LogP contribution in [0.5, 0.6) is 5.75 Å². The van der Waals surface area contributed by atoms with E-state index in [1.165, 1.54) is 11.1 Å². The van der Waals surface area contributed by atoms with Crippen LogP contribution >= 0.6 is 27.5 Å². The molecule has 0 N–H and O–H groups in total. The first-order valence-corrected chi connectivity index (χ1v) is 8.09. The molecule has 2 aliphatic heterocycles. The van der Waals surface area contributed by atoms with Crippen molar-refractivity contribution >= 4 is 27.5 Å². The molecular weight excluding hydrogens is 328 g/mol. The molecule has 0 amide bonds. The summed E-state index contributed by atoms with van der Waals surface area (Å²) < 4.78 is 12.7. The van der Waals surface area contributed by atoms with Gasteiger partial charge in [0, 0.05) is 28.8 Å². The van der Waals surface area contributed by atoms with Crippen molar-refractivity contribution in [1.82, 2.24) is 0 Å². The van der Waals surface area contributed by atoms with E-state index in [-0.39, 0.29) is 11.5 Å². The normalized spacial score (nSPS) is 29.3. The summed E-state index contributed by atoms with van der Waals surface area (Å²) in [5.74, 6) is 1.71. The topological polar surface area (TPSA) is 18.5 Å². The third kappa shape index (κ3) is 2.41.